The van der Waals surface area contributed by atoms with E-state index in [1.54, 1.807) is 13.1 Å². The molecule has 0 bridgehead atoms. The average Bonchev–Trinajstić information content (AvgIpc) is 3.11. The van der Waals surface area contributed by atoms with Gasteiger partial charge in [0.15, 0.2) is 0 Å². The van der Waals surface area contributed by atoms with Crippen molar-refractivity contribution in [2.45, 2.75) is 20.0 Å². The molecule has 138 valence electrons. The van der Waals surface area contributed by atoms with Gasteiger partial charge in [-0.15, -0.1) is 5.10 Å². The number of benzene rings is 2. The topological polar surface area (TPSA) is 86.7 Å². The Balaban J connectivity index is 1.64. The zero-order chi connectivity index (χ0) is 19.1. The highest BCUT2D eigenvalue weighted by atomic mass is 16.2. The number of fused-ring (bicyclic) bond motifs is 2. The lowest BCUT2D eigenvalue weighted by atomic mass is 10.1. The molecule has 0 amide bonds. The average molecular weight is 364 g/mol. The molecular weight excluding hydrogens is 344 g/mol. The largest absolute Gasteiger partial charge is 0.381 e. The molecule has 0 aliphatic rings. The van der Waals surface area contributed by atoms with Gasteiger partial charge in [-0.25, -0.2) is 9.48 Å². The van der Waals surface area contributed by atoms with E-state index in [0.29, 0.717) is 17.4 Å². The van der Waals surface area contributed by atoms with Gasteiger partial charge in [0, 0.05) is 32.9 Å². The minimum atomic E-state index is -0.339. The van der Waals surface area contributed by atoms with Crippen molar-refractivity contribution in [3.05, 3.63) is 62.8 Å². The van der Waals surface area contributed by atoms with Gasteiger partial charge in [-0.05, 0) is 42.8 Å². The van der Waals surface area contributed by atoms with E-state index in [-0.39, 0.29) is 11.2 Å². The molecule has 8 nitrogen and oxygen atoms in total. The number of aromatic nitrogens is 5. The second kappa shape index (κ2) is 6.39. The van der Waals surface area contributed by atoms with Crippen molar-refractivity contribution in [2.24, 2.45) is 14.1 Å². The standard InChI is InChI=1S/C19H20N6O2/c1-4-25-16-8-5-12(9-15(16)21-22-25)11-20-13-6-7-14-17(10-13)23(2)19(27)24(3)18(14)26/h5-10,20H,4,11H2,1-3H3. The van der Waals surface area contributed by atoms with Crippen molar-refractivity contribution in [2.75, 3.05) is 5.32 Å². The Kier molecular flexibility index (Phi) is 4.02. The molecule has 0 saturated heterocycles. The molecule has 4 aromatic rings. The molecule has 2 aromatic heterocycles. The Hall–Kier alpha value is -3.42. The molecule has 27 heavy (non-hydrogen) atoms. The number of nitrogens with zero attached hydrogens (tertiary/aromatic N) is 5. The van der Waals surface area contributed by atoms with Gasteiger partial charge >= 0.3 is 5.69 Å². The van der Waals surface area contributed by atoms with Gasteiger partial charge in [-0.1, -0.05) is 11.3 Å². The number of rotatable bonds is 4. The number of nitrogens with one attached hydrogen (secondary N) is 1. The van der Waals surface area contributed by atoms with E-state index >= 15 is 0 Å². The van der Waals surface area contributed by atoms with Gasteiger partial charge in [0.1, 0.15) is 5.52 Å². The van der Waals surface area contributed by atoms with Crippen LogP contribution in [0.1, 0.15) is 12.5 Å². The third-order valence-corrected chi connectivity index (χ3v) is 4.84. The molecule has 0 unspecified atom stereocenters. The van der Waals surface area contributed by atoms with Crippen molar-refractivity contribution in [1.29, 1.82) is 0 Å². The van der Waals surface area contributed by atoms with Gasteiger partial charge < -0.3 is 5.32 Å². The first-order chi connectivity index (χ1) is 13.0. The molecule has 0 fully saturated rings. The third-order valence-electron chi connectivity index (χ3n) is 4.84. The molecule has 2 heterocycles. The summed E-state index contributed by atoms with van der Waals surface area (Å²) in [5.74, 6) is 0. The van der Waals surface area contributed by atoms with Crippen LogP contribution in [0.15, 0.2) is 46.0 Å². The smallest absolute Gasteiger partial charge is 0.330 e. The summed E-state index contributed by atoms with van der Waals surface area (Å²) in [5, 5.41) is 12.2. The van der Waals surface area contributed by atoms with Gasteiger partial charge in [0.2, 0.25) is 0 Å². The molecule has 2 aromatic carbocycles. The second-order valence-electron chi connectivity index (χ2n) is 6.52. The van der Waals surface area contributed by atoms with Crippen molar-refractivity contribution in [3.63, 3.8) is 0 Å². The summed E-state index contributed by atoms with van der Waals surface area (Å²) < 4.78 is 4.46. The van der Waals surface area contributed by atoms with E-state index in [1.807, 2.05) is 41.9 Å². The first kappa shape index (κ1) is 17.0. The van der Waals surface area contributed by atoms with E-state index in [1.165, 1.54) is 11.6 Å². The summed E-state index contributed by atoms with van der Waals surface area (Å²) in [6.07, 6.45) is 0. The van der Waals surface area contributed by atoms with Crippen LogP contribution in [0.25, 0.3) is 21.9 Å². The maximum atomic E-state index is 12.3. The fourth-order valence-corrected chi connectivity index (χ4v) is 3.26. The first-order valence-electron chi connectivity index (χ1n) is 8.75. The molecule has 1 N–H and O–H groups in total. The Morgan fingerprint density at radius 2 is 1.81 bits per heavy atom. The summed E-state index contributed by atoms with van der Waals surface area (Å²) in [6, 6.07) is 11.5. The SMILES string of the molecule is CCn1nnc2cc(CNc3ccc4c(=O)n(C)c(=O)n(C)c4c3)ccc21. The van der Waals surface area contributed by atoms with Crippen LogP contribution in [0.5, 0.6) is 0 Å². The maximum absolute atomic E-state index is 12.3. The van der Waals surface area contributed by atoms with Crippen LogP contribution in [0.3, 0.4) is 0 Å². The van der Waals surface area contributed by atoms with Crippen molar-refractivity contribution in [1.82, 2.24) is 24.1 Å². The highest BCUT2D eigenvalue weighted by Gasteiger charge is 2.09. The molecule has 0 radical (unpaired) electrons. The number of hydrogen-bond acceptors (Lipinski definition) is 5. The van der Waals surface area contributed by atoms with Crippen molar-refractivity contribution >= 4 is 27.6 Å². The lowest BCUT2D eigenvalue weighted by molar-refractivity contribution is 0.646. The highest BCUT2D eigenvalue weighted by molar-refractivity contribution is 5.82. The predicted octanol–water partition coefficient (Wildman–Crippen LogP) is 1.61. The molecule has 4 rings (SSSR count). The van der Waals surface area contributed by atoms with E-state index in [2.05, 4.69) is 15.6 Å². The van der Waals surface area contributed by atoms with Crippen LogP contribution in [-0.4, -0.2) is 24.1 Å². The van der Waals surface area contributed by atoms with Crippen molar-refractivity contribution < 1.29 is 0 Å². The Labute approximate surface area is 154 Å². The van der Waals surface area contributed by atoms with Crippen LogP contribution in [0.2, 0.25) is 0 Å². The van der Waals surface area contributed by atoms with Gasteiger partial charge in [0.05, 0.1) is 16.4 Å². The zero-order valence-electron chi connectivity index (χ0n) is 15.4. The molecule has 0 spiro atoms. The van der Waals surface area contributed by atoms with E-state index < -0.39 is 0 Å². The van der Waals surface area contributed by atoms with E-state index in [4.69, 9.17) is 0 Å². The number of hydrogen-bond donors (Lipinski definition) is 1. The lowest BCUT2D eigenvalue weighted by Gasteiger charge is -2.11. The highest BCUT2D eigenvalue weighted by Crippen LogP contribution is 2.18. The molecule has 0 aliphatic carbocycles. The fraction of sp³-hybridized carbons (Fsp3) is 0.263. The van der Waals surface area contributed by atoms with Crippen LogP contribution >= 0.6 is 0 Å². The second-order valence-corrected chi connectivity index (χ2v) is 6.52. The zero-order valence-corrected chi connectivity index (χ0v) is 15.4. The summed E-state index contributed by atoms with van der Waals surface area (Å²) in [5.41, 5.74) is 3.76. The van der Waals surface area contributed by atoms with Crippen molar-refractivity contribution in [3.8, 4) is 0 Å². The predicted molar refractivity (Wildman–Crippen MR) is 105 cm³/mol. The van der Waals surface area contributed by atoms with E-state index in [9.17, 15) is 9.59 Å². The molecule has 8 heteroatoms. The minimum Gasteiger partial charge on any atom is -0.381 e. The Morgan fingerprint density at radius 3 is 2.59 bits per heavy atom. The summed E-state index contributed by atoms with van der Waals surface area (Å²) in [4.78, 5) is 24.4. The Morgan fingerprint density at radius 1 is 1.00 bits per heavy atom. The van der Waals surface area contributed by atoms with Crippen LogP contribution in [0, 0.1) is 0 Å². The minimum absolute atomic E-state index is 0.288. The number of anilines is 1. The quantitative estimate of drug-likeness (QED) is 0.595. The summed E-state index contributed by atoms with van der Waals surface area (Å²) in [7, 11) is 3.15. The fourth-order valence-electron chi connectivity index (χ4n) is 3.26. The first-order valence-corrected chi connectivity index (χ1v) is 8.75. The number of aryl methyl sites for hydroxylation is 2. The molecule has 0 aliphatic heterocycles. The summed E-state index contributed by atoms with van der Waals surface area (Å²) in [6.45, 7) is 3.41. The summed E-state index contributed by atoms with van der Waals surface area (Å²) >= 11 is 0. The van der Waals surface area contributed by atoms with Gasteiger partial charge in [-0.2, -0.15) is 0 Å². The maximum Gasteiger partial charge on any atom is 0.330 e. The van der Waals surface area contributed by atoms with E-state index in [0.717, 1.165) is 33.4 Å². The molecule has 0 saturated carbocycles. The Bertz CT molecular complexity index is 1280. The third kappa shape index (κ3) is 2.79. The van der Waals surface area contributed by atoms with Crippen LogP contribution in [-0.2, 0) is 27.2 Å². The van der Waals surface area contributed by atoms with Crippen LogP contribution < -0.4 is 16.6 Å². The van der Waals surface area contributed by atoms with Crippen LogP contribution in [0.4, 0.5) is 5.69 Å². The lowest BCUT2D eigenvalue weighted by Crippen LogP contribution is -2.36. The monoisotopic (exact) mass is 364 g/mol. The molecular formula is C19H20N6O2. The normalized spacial score (nSPS) is 11.4. The van der Waals surface area contributed by atoms with Gasteiger partial charge in [-0.3, -0.25) is 13.9 Å². The molecule has 0 atom stereocenters. The van der Waals surface area contributed by atoms with Gasteiger partial charge in [0.25, 0.3) is 5.56 Å².